The molecule has 1 aliphatic heterocycles. The van der Waals surface area contributed by atoms with E-state index in [4.69, 9.17) is 4.74 Å². The van der Waals surface area contributed by atoms with Crippen molar-refractivity contribution in [1.82, 2.24) is 4.68 Å². The SMILES string of the molecule is O=C1COc2ccc(-c3csc(=Nc4ccc(F)cc4F)n3N=Cc3c(F)cccc3F)cc2N1. The van der Waals surface area contributed by atoms with E-state index in [9.17, 15) is 22.4 Å². The highest BCUT2D eigenvalue weighted by atomic mass is 32.1. The molecule has 0 saturated heterocycles. The Morgan fingerprint density at radius 2 is 1.80 bits per heavy atom. The van der Waals surface area contributed by atoms with Crippen LogP contribution in [-0.2, 0) is 4.79 Å². The maximum absolute atomic E-state index is 14.2. The first-order valence-corrected chi connectivity index (χ1v) is 11.0. The van der Waals surface area contributed by atoms with Crippen LogP contribution in [0, 0.1) is 23.3 Å². The predicted octanol–water partition coefficient (Wildman–Crippen LogP) is 5.22. The second-order valence-corrected chi connectivity index (χ2v) is 8.19. The highest BCUT2D eigenvalue weighted by molar-refractivity contribution is 7.07. The minimum Gasteiger partial charge on any atom is -0.482 e. The summed E-state index contributed by atoms with van der Waals surface area (Å²) in [7, 11) is 0. The van der Waals surface area contributed by atoms with Gasteiger partial charge in [-0.3, -0.25) is 4.79 Å². The third kappa shape index (κ3) is 4.58. The summed E-state index contributed by atoms with van der Waals surface area (Å²) in [6, 6.07) is 11.3. The lowest BCUT2D eigenvalue weighted by molar-refractivity contribution is -0.118. The first-order valence-electron chi connectivity index (χ1n) is 10.1. The molecule has 11 heteroatoms. The van der Waals surface area contributed by atoms with Gasteiger partial charge in [-0.25, -0.2) is 27.2 Å². The minimum absolute atomic E-state index is 0.102. The van der Waals surface area contributed by atoms with Gasteiger partial charge >= 0.3 is 0 Å². The summed E-state index contributed by atoms with van der Waals surface area (Å²) in [5.41, 5.74) is 0.919. The predicted molar refractivity (Wildman–Crippen MR) is 123 cm³/mol. The summed E-state index contributed by atoms with van der Waals surface area (Å²) in [6.07, 6.45) is 0.990. The molecule has 4 aromatic rings. The van der Waals surface area contributed by atoms with E-state index in [-0.39, 0.29) is 28.6 Å². The third-order valence-corrected chi connectivity index (χ3v) is 5.84. The van der Waals surface area contributed by atoms with Gasteiger partial charge in [0.25, 0.3) is 5.91 Å². The fourth-order valence-electron chi connectivity index (χ4n) is 3.35. The molecule has 176 valence electrons. The van der Waals surface area contributed by atoms with E-state index in [1.165, 1.54) is 16.8 Å². The molecular formula is C24H14F4N4O2S. The topological polar surface area (TPSA) is 68.0 Å². The monoisotopic (exact) mass is 498 g/mol. The lowest BCUT2D eigenvalue weighted by atomic mass is 10.1. The van der Waals surface area contributed by atoms with E-state index >= 15 is 0 Å². The standard InChI is InChI=1S/C24H14F4N4O2S/c25-14-5-6-19(18(28)9-14)31-24-32(29-10-15-16(26)2-1-3-17(15)27)21(12-35-24)13-4-7-22-20(8-13)30-23(33)11-34-22/h1-10,12H,11H2,(H,30,33). The molecule has 6 nitrogen and oxygen atoms in total. The van der Waals surface area contributed by atoms with Crippen LogP contribution >= 0.6 is 11.3 Å². The number of hydrogen-bond donors (Lipinski definition) is 1. The number of fused-ring (bicyclic) bond motifs is 1. The second kappa shape index (κ2) is 9.18. The summed E-state index contributed by atoms with van der Waals surface area (Å²) < 4.78 is 62.5. The van der Waals surface area contributed by atoms with Crippen LogP contribution in [0.2, 0.25) is 0 Å². The molecule has 0 aliphatic carbocycles. The molecule has 2 heterocycles. The van der Waals surface area contributed by atoms with Gasteiger partial charge in [0.1, 0.15) is 28.9 Å². The van der Waals surface area contributed by atoms with E-state index in [0.717, 1.165) is 35.8 Å². The molecule has 0 unspecified atom stereocenters. The molecule has 1 aromatic heterocycles. The molecule has 0 radical (unpaired) electrons. The van der Waals surface area contributed by atoms with Gasteiger partial charge in [-0.15, -0.1) is 11.3 Å². The van der Waals surface area contributed by atoms with Gasteiger partial charge in [0.2, 0.25) is 4.80 Å². The van der Waals surface area contributed by atoms with Gasteiger partial charge in [0.05, 0.1) is 23.2 Å². The first kappa shape index (κ1) is 22.5. The molecule has 3 aromatic carbocycles. The highest BCUT2D eigenvalue weighted by Crippen LogP contribution is 2.33. The van der Waals surface area contributed by atoms with Crippen molar-refractivity contribution in [3.8, 4) is 17.0 Å². The number of benzene rings is 3. The Balaban J connectivity index is 1.67. The number of nitrogens with zero attached hydrogens (tertiary/aromatic N) is 3. The summed E-state index contributed by atoms with van der Waals surface area (Å²) in [6.45, 7) is -0.102. The van der Waals surface area contributed by atoms with Crippen LogP contribution in [0.1, 0.15) is 5.56 Å². The minimum atomic E-state index is -0.885. The van der Waals surface area contributed by atoms with Crippen LogP contribution in [-0.4, -0.2) is 23.4 Å². The summed E-state index contributed by atoms with van der Waals surface area (Å²) in [5, 5.41) is 8.58. The van der Waals surface area contributed by atoms with Crippen molar-refractivity contribution in [3.63, 3.8) is 0 Å². The molecule has 35 heavy (non-hydrogen) atoms. The zero-order valence-corrected chi connectivity index (χ0v) is 18.5. The number of nitrogens with one attached hydrogen (secondary N) is 1. The lowest BCUT2D eigenvalue weighted by Gasteiger charge is -2.18. The molecule has 0 atom stereocenters. The van der Waals surface area contributed by atoms with Crippen LogP contribution in [0.4, 0.5) is 28.9 Å². The van der Waals surface area contributed by atoms with Crippen molar-refractivity contribution in [2.75, 3.05) is 11.9 Å². The number of thiazole rings is 1. The first-order chi connectivity index (χ1) is 16.9. The van der Waals surface area contributed by atoms with Crippen molar-refractivity contribution >= 4 is 34.8 Å². The van der Waals surface area contributed by atoms with Crippen molar-refractivity contribution in [3.05, 3.63) is 93.6 Å². The molecule has 0 saturated carbocycles. The average molecular weight is 498 g/mol. The van der Waals surface area contributed by atoms with E-state index in [1.807, 2.05) is 0 Å². The maximum atomic E-state index is 14.2. The smallest absolute Gasteiger partial charge is 0.262 e. The molecule has 1 amide bonds. The van der Waals surface area contributed by atoms with Gasteiger partial charge in [0.15, 0.2) is 12.4 Å². The fourth-order valence-corrected chi connectivity index (χ4v) is 4.20. The molecule has 0 spiro atoms. The summed E-state index contributed by atoms with van der Waals surface area (Å²) in [4.78, 5) is 16.1. The summed E-state index contributed by atoms with van der Waals surface area (Å²) >= 11 is 1.08. The maximum Gasteiger partial charge on any atom is 0.262 e. The van der Waals surface area contributed by atoms with Crippen LogP contribution in [0.3, 0.4) is 0 Å². The van der Waals surface area contributed by atoms with Crippen LogP contribution in [0.25, 0.3) is 11.3 Å². The number of hydrogen-bond acceptors (Lipinski definition) is 5. The van der Waals surface area contributed by atoms with Gasteiger partial charge in [0, 0.05) is 17.0 Å². The van der Waals surface area contributed by atoms with Gasteiger partial charge in [-0.05, 0) is 42.5 Å². The zero-order valence-electron chi connectivity index (χ0n) is 17.6. The Bertz CT molecular complexity index is 1540. The Morgan fingerprint density at radius 1 is 1.00 bits per heavy atom. The zero-order chi connectivity index (χ0) is 24.5. The van der Waals surface area contributed by atoms with E-state index in [1.54, 1.807) is 23.6 Å². The lowest BCUT2D eigenvalue weighted by Crippen LogP contribution is -2.25. The van der Waals surface area contributed by atoms with Gasteiger partial charge in [-0.2, -0.15) is 5.10 Å². The Hall–Kier alpha value is -4.25. The van der Waals surface area contributed by atoms with Crippen molar-refractivity contribution in [2.24, 2.45) is 10.1 Å². The van der Waals surface area contributed by atoms with Gasteiger partial charge < -0.3 is 10.1 Å². The number of anilines is 1. The number of ether oxygens (including phenoxy) is 1. The van der Waals surface area contributed by atoms with E-state index < -0.39 is 23.3 Å². The van der Waals surface area contributed by atoms with Gasteiger partial charge in [-0.1, -0.05) is 6.07 Å². The Morgan fingerprint density at radius 3 is 2.57 bits per heavy atom. The summed E-state index contributed by atoms with van der Waals surface area (Å²) in [5.74, 6) is -3.11. The molecule has 1 N–H and O–H groups in total. The Kier molecular flexibility index (Phi) is 5.91. The van der Waals surface area contributed by atoms with E-state index in [0.29, 0.717) is 28.8 Å². The molecule has 0 bridgehead atoms. The van der Waals surface area contributed by atoms with Crippen LogP contribution < -0.4 is 14.9 Å². The van der Waals surface area contributed by atoms with Crippen LogP contribution in [0.15, 0.2) is 70.1 Å². The Labute approximate surface area is 199 Å². The largest absolute Gasteiger partial charge is 0.482 e. The normalized spacial score (nSPS) is 13.6. The molecule has 5 rings (SSSR count). The molecular weight excluding hydrogens is 484 g/mol. The van der Waals surface area contributed by atoms with Crippen molar-refractivity contribution in [2.45, 2.75) is 0 Å². The quantitative estimate of drug-likeness (QED) is 0.310. The van der Waals surface area contributed by atoms with Crippen molar-refractivity contribution in [1.29, 1.82) is 0 Å². The van der Waals surface area contributed by atoms with E-state index in [2.05, 4.69) is 15.4 Å². The average Bonchev–Trinajstić information content (AvgIpc) is 3.22. The number of aromatic nitrogens is 1. The number of halogens is 4. The number of rotatable bonds is 4. The third-order valence-electron chi connectivity index (χ3n) is 5.02. The molecule has 0 fully saturated rings. The number of amides is 1. The van der Waals surface area contributed by atoms with Crippen LogP contribution in [0.5, 0.6) is 5.75 Å². The fraction of sp³-hybridized carbons (Fsp3) is 0.0417. The number of carbonyl (C=O) groups is 1. The molecule has 1 aliphatic rings. The van der Waals surface area contributed by atoms with Crippen molar-refractivity contribution < 1.29 is 27.1 Å². The number of carbonyl (C=O) groups excluding carboxylic acids is 1. The second-order valence-electron chi connectivity index (χ2n) is 7.35. The highest BCUT2D eigenvalue weighted by Gasteiger charge is 2.18.